The van der Waals surface area contributed by atoms with Gasteiger partial charge in [-0.1, -0.05) is 38.8 Å². The molecule has 8 rings (SSSR count). The van der Waals surface area contributed by atoms with E-state index in [1.807, 2.05) is 13.8 Å². The molecular formula is C27H36O9. The average Bonchev–Trinajstić information content (AvgIpc) is 3.57. The van der Waals surface area contributed by atoms with Crippen LogP contribution < -0.4 is 0 Å². The molecular weight excluding hydrogens is 468 g/mol. The van der Waals surface area contributed by atoms with Crippen LogP contribution in [-0.2, 0) is 33.3 Å². The number of rotatable bonds is 7. The number of ether oxygens (including phenoxy) is 5. The van der Waals surface area contributed by atoms with E-state index in [0.717, 1.165) is 24.7 Å². The number of hydrogen-bond donors (Lipinski definition) is 2. The van der Waals surface area contributed by atoms with Crippen molar-refractivity contribution in [2.75, 3.05) is 13.7 Å². The summed E-state index contributed by atoms with van der Waals surface area (Å²) in [6.07, 6.45) is 2.59. The van der Waals surface area contributed by atoms with Gasteiger partial charge in [0.1, 0.15) is 30.0 Å². The first-order chi connectivity index (χ1) is 17.1. The second-order valence-electron chi connectivity index (χ2n) is 12.7. The third-order valence-corrected chi connectivity index (χ3v) is 11.4. The number of aliphatic hydroxyl groups excluding tert-OH is 1. The van der Waals surface area contributed by atoms with Crippen molar-refractivity contribution in [2.24, 2.45) is 45.8 Å². The Kier molecular flexibility index (Phi) is 4.74. The molecule has 7 fully saturated rings. The predicted octanol–water partition coefficient (Wildman–Crippen LogP) is 2.11. The van der Waals surface area contributed by atoms with Gasteiger partial charge < -0.3 is 34.0 Å². The molecule has 0 aromatic rings. The number of hydrogen-bond acceptors (Lipinski definition) is 8. The molecule has 36 heavy (non-hydrogen) atoms. The van der Waals surface area contributed by atoms with Crippen LogP contribution in [0.3, 0.4) is 0 Å². The first kappa shape index (κ1) is 23.7. The highest BCUT2D eigenvalue weighted by molar-refractivity contribution is 5.90. The van der Waals surface area contributed by atoms with Gasteiger partial charge in [0, 0.05) is 12.5 Å². The van der Waals surface area contributed by atoms with E-state index < -0.39 is 58.9 Å². The highest BCUT2D eigenvalue weighted by Crippen LogP contribution is 2.82. The van der Waals surface area contributed by atoms with Crippen LogP contribution in [-0.4, -0.2) is 72.9 Å². The lowest BCUT2D eigenvalue weighted by Crippen LogP contribution is -2.66. The molecule has 4 heterocycles. The summed E-state index contributed by atoms with van der Waals surface area (Å²) in [6.45, 7) is 6.27. The minimum absolute atomic E-state index is 0.0169. The molecule has 0 radical (unpaired) electrons. The molecule has 0 spiro atoms. The normalized spacial score (nSPS) is 57.5. The maximum Gasteiger partial charge on any atom is 0.316 e. The van der Waals surface area contributed by atoms with Crippen LogP contribution >= 0.6 is 0 Å². The zero-order chi connectivity index (χ0) is 25.4. The molecule has 8 aliphatic rings. The number of carboxylic acid groups (broad SMARTS) is 1. The fourth-order valence-electron chi connectivity index (χ4n) is 10.1. The number of aliphatic hydroxyl groups is 1. The number of carboxylic acids is 1. The van der Waals surface area contributed by atoms with Crippen LogP contribution in [0, 0.1) is 45.8 Å². The van der Waals surface area contributed by atoms with Gasteiger partial charge in [0.2, 0.25) is 0 Å². The van der Waals surface area contributed by atoms with Crippen LogP contribution in [0.5, 0.6) is 0 Å². The molecule has 198 valence electrons. The van der Waals surface area contributed by atoms with Gasteiger partial charge in [0.15, 0.2) is 12.4 Å². The van der Waals surface area contributed by atoms with Crippen LogP contribution in [0.4, 0.5) is 0 Å². The monoisotopic (exact) mass is 504 g/mol. The Morgan fingerprint density at radius 2 is 2.03 bits per heavy atom. The Balaban J connectivity index is 1.32. The third kappa shape index (κ3) is 2.28. The molecule has 0 amide bonds. The largest absolute Gasteiger partial charge is 0.481 e. The van der Waals surface area contributed by atoms with Gasteiger partial charge >= 0.3 is 11.9 Å². The zero-order valence-electron chi connectivity index (χ0n) is 21.2. The van der Waals surface area contributed by atoms with E-state index in [1.165, 1.54) is 7.11 Å². The van der Waals surface area contributed by atoms with E-state index in [-0.39, 0.29) is 30.3 Å². The molecule has 9 nitrogen and oxygen atoms in total. The molecule has 4 aliphatic carbocycles. The predicted molar refractivity (Wildman–Crippen MR) is 122 cm³/mol. The number of carbonyl (C=O) groups excluding carboxylic acids is 1. The van der Waals surface area contributed by atoms with E-state index >= 15 is 0 Å². The minimum Gasteiger partial charge on any atom is -0.481 e. The van der Waals surface area contributed by atoms with Crippen molar-refractivity contribution in [1.82, 2.24) is 0 Å². The third-order valence-electron chi connectivity index (χ3n) is 11.4. The maximum atomic E-state index is 13.6. The number of fused-ring (bicyclic) bond motifs is 2. The first-order valence-electron chi connectivity index (χ1n) is 13.4. The lowest BCUT2D eigenvalue weighted by atomic mass is 9.43. The van der Waals surface area contributed by atoms with E-state index in [2.05, 4.69) is 13.0 Å². The zero-order valence-corrected chi connectivity index (χ0v) is 21.2. The number of aldehydes is 1. The molecule has 2 N–H and O–H groups in total. The van der Waals surface area contributed by atoms with Crippen molar-refractivity contribution < 1.29 is 43.5 Å². The van der Waals surface area contributed by atoms with Gasteiger partial charge in [-0.05, 0) is 48.9 Å². The van der Waals surface area contributed by atoms with Gasteiger partial charge in [0.25, 0.3) is 0 Å². The van der Waals surface area contributed by atoms with Gasteiger partial charge in [-0.25, -0.2) is 0 Å². The summed E-state index contributed by atoms with van der Waals surface area (Å²) < 4.78 is 29.7. The molecule has 3 saturated carbocycles. The smallest absolute Gasteiger partial charge is 0.316 e. The lowest BCUT2D eigenvalue weighted by molar-refractivity contribution is -0.448. The lowest BCUT2D eigenvalue weighted by Gasteiger charge is -2.58. The van der Waals surface area contributed by atoms with Crippen LogP contribution in [0.25, 0.3) is 0 Å². The summed E-state index contributed by atoms with van der Waals surface area (Å²) in [4.78, 5) is 26.7. The van der Waals surface area contributed by atoms with Crippen molar-refractivity contribution in [2.45, 2.75) is 83.1 Å². The van der Waals surface area contributed by atoms with E-state index in [9.17, 15) is 19.8 Å². The van der Waals surface area contributed by atoms with Crippen LogP contribution in [0.2, 0.25) is 0 Å². The van der Waals surface area contributed by atoms with Gasteiger partial charge in [-0.3, -0.25) is 9.53 Å². The highest BCUT2D eigenvalue weighted by Gasteiger charge is 2.85. The average molecular weight is 505 g/mol. The summed E-state index contributed by atoms with van der Waals surface area (Å²) >= 11 is 0. The van der Waals surface area contributed by atoms with Gasteiger partial charge in [-0.2, -0.15) is 0 Å². The molecule has 4 saturated heterocycles. The standard InChI is InChI=1S/C27H36O9/c1-12(2)17-7-14-8-24(10-28)16-6-5-13(3)15(16)9-25(14,26(17,24)23(30)31)11-33-27-21(29)19-18(32-4)20(35-27)22(34-19)36-27/h7,10,12-16,18-22,29H,5-6,8-9,11H2,1-4H3,(H,30,31)/t13-,14+,15-,16-,18-,19+,20+,21-,22+,24+,25+,26+,27-/m1/s1. The Morgan fingerprint density at radius 3 is 2.69 bits per heavy atom. The van der Waals surface area contributed by atoms with Crippen molar-refractivity contribution in [3.8, 4) is 0 Å². The second kappa shape index (κ2) is 7.18. The SMILES string of the molecule is CO[C@H]1[C@@H]2O[C@@]3(OC[C@@]45C[C@@H]6[C@H](C)CC[C@H]6[C@@]6(C=O)C[C@@H]4C=C(C(C)C)[C@@]56C(=O)O)O[C@@H]2O[C@@H]1[C@H]3O. The molecule has 13 atom stereocenters. The summed E-state index contributed by atoms with van der Waals surface area (Å²) in [5, 5.41) is 22.2. The molecule has 8 bridgehead atoms. The highest BCUT2D eigenvalue weighted by atomic mass is 17.0. The Hall–Kier alpha value is -1.36. The van der Waals surface area contributed by atoms with Crippen molar-refractivity contribution in [1.29, 1.82) is 0 Å². The van der Waals surface area contributed by atoms with Crippen molar-refractivity contribution in [3.63, 3.8) is 0 Å². The molecule has 9 heteroatoms. The summed E-state index contributed by atoms with van der Waals surface area (Å²) in [6, 6.07) is 0. The Labute approximate surface area is 210 Å². The fourth-order valence-corrected chi connectivity index (χ4v) is 10.1. The molecule has 0 aromatic carbocycles. The number of allylic oxidation sites excluding steroid dienone is 1. The molecule has 4 aliphatic heterocycles. The number of methoxy groups -OCH3 is 1. The fraction of sp³-hybridized carbons (Fsp3) is 0.852. The topological polar surface area (TPSA) is 121 Å². The maximum absolute atomic E-state index is 13.6. The van der Waals surface area contributed by atoms with Crippen molar-refractivity contribution >= 4 is 12.3 Å². The quantitative estimate of drug-likeness (QED) is 0.397. The number of carbonyl (C=O) groups is 2. The Bertz CT molecular complexity index is 1040. The molecule has 0 aromatic heterocycles. The van der Waals surface area contributed by atoms with E-state index in [0.29, 0.717) is 18.8 Å². The summed E-state index contributed by atoms with van der Waals surface area (Å²) in [5.74, 6) is -2.10. The van der Waals surface area contributed by atoms with E-state index in [1.54, 1.807) is 0 Å². The second-order valence-corrected chi connectivity index (χ2v) is 12.7. The van der Waals surface area contributed by atoms with Gasteiger partial charge in [0.05, 0.1) is 12.0 Å². The minimum atomic E-state index is -1.73. The molecule has 0 unspecified atom stereocenters. The van der Waals surface area contributed by atoms with Crippen LogP contribution in [0.15, 0.2) is 11.6 Å². The number of aliphatic carboxylic acids is 1. The van der Waals surface area contributed by atoms with Crippen LogP contribution in [0.1, 0.15) is 46.5 Å². The van der Waals surface area contributed by atoms with E-state index in [4.69, 9.17) is 23.7 Å². The summed E-state index contributed by atoms with van der Waals surface area (Å²) in [5.41, 5.74) is -2.31. The Morgan fingerprint density at radius 1 is 1.25 bits per heavy atom. The summed E-state index contributed by atoms with van der Waals surface area (Å²) in [7, 11) is 1.54. The van der Waals surface area contributed by atoms with Crippen molar-refractivity contribution in [3.05, 3.63) is 11.6 Å². The first-order valence-corrected chi connectivity index (χ1v) is 13.4. The van der Waals surface area contributed by atoms with Gasteiger partial charge in [-0.15, -0.1) is 0 Å².